The number of benzene rings is 1. The third kappa shape index (κ3) is 5.42. The number of halogens is 4. The zero-order valence-electron chi connectivity index (χ0n) is 11.9. The van der Waals surface area contributed by atoms with Gasteiger partial charge in [-0.15, -0.1) is 0 Å². The maximum absolute atomic E-state index is 12.7. The van der Waals surface area contributed by atoms with Crippen LogP contribution >= 0.6 is 15.9 Å². The van der Waals surface area contributed by atoms with Gasteiger partial charge in [0.25, 0.3) is 0 Å². The number of nitrogens with one attached hydrogen (secondary N) is 1. The molecule has 0 aliphatic rings. The van der Waals surface area contributed by atoms with E-state index in [9.17, 15) is 13.2 Å². The fraction of sp³-hybridized carbons (Fsp3) is 0.571. The molecule has 0 heterocycles. The molecule has 1 unspecified atom stereocenters. The van der Waals surface area contributed by atoms with Crippen LogP contribution in [0.2, 0.25) is 0 Å². The molecule has 0 fully saturated rings. The van der Waals surface area contributed by atoms with Gasteiger partial charge in [0, 0.05) is 23.6 Å². The maximum Gasteiger partial charge on any atom is 0.416 e. The van der Waals surface area contributed by atoms with Gasteiger partial charge in [-0.3, -0.25) is 0 Å². The monoisotopic (exact) mass is 352 g/mol. The van der Waals surface area contributed by atoms with Gasteiger partial charge in [-0.1, -0.05) is 22.9 Å². The maximum atomic E-state index is 12.7. The number of hydrogen-bond acceptors (Lipinski definition) is 2. The van der Waals surface area contributed by atoms with Gasteiger partial charge in [0.2, 0.25) is 0 Å². The molecular formula is C14H20BrF3N2. The molecule has 0 aromatic heterocycles. The Labute approximate surface area is 126 Å². The minimum absolute atomic E-state index is 0.210. The number of likely N-dealkylation sites (N-methyl/N-ethyl adjacent to an activating group) is 1. The molecule has 0 saturated carbocycles. The summed E-state index contributed by atoms with van der Waals surface area (Å²) in [7, 11) is 2.01. The van der Waals surface area contributed by atoms with Crippen molar-refractivity contribution in [2.24, 2.45) is 0 Å². The van der Waals surface area contributed by atoms with Crippen molar-refractivity contribution in [1.29, 1.82) is 0 Å². The van der Waals surface area contributed by atoms with E-state index < -0.39 is 11.7 Å². The molecule has 1 rings (SSSR count). The van der Waals surface area contributed by atoms with E-state index in [-0.39, 0.29) is 6.04 Å². The molecule has 0 spiro atoms. The standard InChI is InChI=1S/C14H20BrF3N2/c1-4-20(3)9-10(2)19-8-11-7-12(14(16,17)18)5-6-13(11)15/h5-7,10,19H,4,8-9H2,1-3H3. The molecule has 0 bridgehead atoms. The highest BCUT2D eigenvalue weighted by Crippen LogP contribution is 2.31. The molecule has 6 heteroatoms. The van der Waals surface area contributed by atoms with Crippen LogP contribution in [0.25, 0.3) is 0 Å². The van der Waals surface area contributed by atoms with Crippen molar-refractivity contribution >= 4 is 15.9 Å². The summed E-state index contributed by atoms with van der Waals surface area (Å²) in [6.07, 6.45) is -4.30. The SMILES string of the molecule is CCN(C)CC(C)NCc1cc(C(F)(F)F)ccc1Br. The van der Waals surface area contributed by atoms with Crippen molar-refractivity contribution in [2.45, 2.75) is 32.6 Å². The van der Waals surface area contributed by atoms with Crippen LogP contribution in [0.4, 0.5) is 13.2 Å². The lowest BCUT2D eigenvalue weighted by Gasteiger charge is -2.21. The van der Waals surface area contributed by atoms with Gasteiger partial charge in [0.15, 0.2) is 0 Å². The molecule has 1 aromatic carbocycles. The van der Waals surface area contributed by atoms with E-state index in [1.165, 1.54) is 12.1 Å². The van der Waals surface area contributed by atoms with E-state index in [4.69, 9.17) is 0 Å². The first-order valence-electron chi connectivity index (χ1n) is 6.51. The van der Waals surface area contributed by atoms with Gasteiger partial charge in [-0.25, -0.2) is 0 Å². The van der Waals surface area contributed by atoms with Crippen molar-refractivity contribution in [3.8, 4) is 0 Å². The normalized spacial score (nSPS) is 13.8. The summed E-state index contributed by atoms with van der Waals surface area (Å²) >= 11 is 3.29. The quantitative estimate of drug-likeness (QED) is 0.835. The zero-order valence-corrected chi connectivity index (χ0v) is 13.5. The highest BCUT2D eigenvalue weighted by molar-refractivity contribution is 9.10. The lowest BCUT2D eigenvalue weighted by molar-refractivity contribution is -0.137. The Morgan fingerprint density at radius 1 is 1.35 bits per heavy atom. The van der Waals surface area contributed by atoms with E-state index in [0.717, 1.165) is 19.2 Å². The summed E-state index contributed by atoms with van der Waals surface area (Å²) in [5.74, 6) is 0. The van der Waals surface area contributed by atoms with Crippen molar-refractivity contribution in [2.75, 3.05) is 20.1 Å². The number of nitrogens with zero attached hydrogens (tertiary/aromatic N) is 1. The predicted molar refractivity (Wildman–Crippen MR) is 78.6 cm³/mol. The van der Waals surface area contributed by atoms with Crippen LogP contribution in [0.3, 0.4) is 0 Å². The molecule has 1 atom stereocenters. The Morgan fingerprint density at radius 2 is 2.00 bits per heavy atom. The van der Waals surface area contributed by atoms with Crippen molar-refractivity contribution in [3.05, 3.63) is 33.8 Å². The van der Waals surface area contributed by atoms with Crippen LogP contribution < -0.4 is 5.32 Å². The van der Waals surface area contributed by atoms with Crippen molar-refractivity contribution in [3.63, 3.8) is 0 Å². The Kier molecular flexibility index (Phi) is 6.48. The molecule has 0 amide bonds. The van der Waals surface area contributed by atoms with Gasteiger partial charge in [-0.2, -0.15) is 13.2 Å². The van der Waals surface area contributed by atoms with E-state index in [1.54, 1.807) is 0 Å². The van der Waals surface area contributed by atoms with Crippen LogP contribution in [-0.4, -0.2) is 31.1 Å². The Hall–Kier alpha value is -0.590. The Morgan fingerprint density at radius 3 is 2.55 bits per heavy atom. The highest BCUT2D eigenvalue weighted by Gasteiger charge is 2.30. The average Bonchev–Trinajstić information content (AvgIpc) is 2.36. The number of alkyl halides is 3. The first-order valence-corrected chi connectivity index (χ1v) is 7.31. The molecule has 1 N–H and O–H groups in total. The van der Waals surface area contributed by atoms with E-state index >= 15 is 0 Å². The zero-order chi connectivity index (χ0) is 15.3. The highest BCUT2D eigenvalue weighted by atomic mass is 79.9. The second-order valence-corrected chi connectivity index (χ2v) is 5.80. The Bertz CT molecular complexity index is 435. The van der Waals surface area contributed by atoms with Gasteiger partial charge in [0.05, 0.1) is 5.56 Å². The largest absolute Gasteiger partial charge is 0.416 e. The average molecular weight is 353 g/mol. The molecule has 2 nitrogen and oxygen atoms in total. The molecule has 1 aromatic rings. The van der Waals surface area contributed by atoms with Crippen LogP contribution in [0.1, 0.15) is 25.0 Å². The minimum atomic E-state index is -4.30. The molecule has 0 radical (unpaired) electrons. The molecule has 0 aliphatic heterocycles. The molecule has 0 saturated heterocycles. The fourth-order valence-corrected chi connectivity index (χ4v) is 2.22. The summed E-state index contributed by atoms with van der Waals surface area (Å²) in [5.41, 5.74) is 0.00153. The number of rotatable bonds is 6. The first kappa shape index (κ1) is 17.5. The number of hydrogen-bond donors (Lipinski definition) is 1. The lowest BCUT2D eigenvalue weighted by atomic mass is 10.1. The van der Waals surface area contributed by atoms with Crippen LogP contribution in [0, 0.1) is 0 Å². The summed E-state index contributed by atoms with van der Waals surface area (Å²) < 4.78 is 38.7. The second kappa shape index (κ2) is 7.43. The summed E-state index contributed by atoms with van der Waals surface area (Å²) in [5, 5.41) is 3.24. The van der Waals surface area contributed by atoms with E-state index in [2.05, 4.69) is 33.1 Å². The van der Waals surface area contributed by atoms with Gasteiger partial charge in [0.1, 0.15) is 0 Å². The predicted octanol–water partition coefficient (Wildman–Crippen LogP) is 3.90. The van der Waals surface area contributed by atoms with Crippen molar-refractivity contribution < 1.29 is 13.2 Å². The minimum Gasteiger partial charge on any atom is -0.309 e. The smallest absolute Gasteiger partial charge is 0.309 e. The van der Waals surface area contributed by atoms with Crippen LogP contribution in [0.5, 0.6) is 0 Å². The third-order valence-corrected chi connectivity index (χ3v) is 3.91. The summed E-state index contributed by atoms with van der Waals surface area (Å²) in [4.78, 5) is 2.15. The summed E-state index contributed by atoms with van der Waals surface area (Å²) in [6.45, 7) is 6.29. The van der Waals surface area contributed by atoms with Gasteiger partial charge in [-0.05, 0) is 44.3 Å². The lowest BCUT2D eigenvalue weighted by Crippen LogP contribution is -2.37. The summed E-state index contributed by atoms with van der Waals surface area (Å²) in [6, 6.07) is 3.93. The van der Waals surface area contributed by atoms with Gasteiger partial charge >= 0.3 is 6.18 Å². The topological polar surface area (TPSA) is 15.3 Å². The fourth-order valence-electron chi connectivity index (χ4n) is 1.83. The van der Waals surface area contributed by atoms with Gasteiger partial charge < -0.3 is 10.2 Å². The molecular weight excluding hydrogens is 333 g/mol. The van der Waals surface area contributed by atoms with Crippen molar-refractivity contribution in [1.82, 2.24) is 10.2 Å². The van der Waals surface area contributed by atoms with Crippen LogP contribution in [0.15, 0.2) is 22.7 Å². The molecule has 0 aliphatic carbocycles. The molecule has 114 valence electrons. The second-order valence-electron chi connectivity index (χ2n) is 4.94. The van der Waals surface area contributed by atoms with E-state index in [1.807, 2.05) is 14.0 Å². The van der Waals surface area contributed by atoms with E-state index in [0.29, 0.717) is 16.6 Å². The van der Waals surface area contributed by atoms with Crippen LogP contribution in [-0.2, 0) is 12.7 Å². The third-order valence-electron chi connectivity index (χ3n) is 3.14. The Balaban J connectivity index is 2.68. The molecule has 20 heavy (non-hydrogen) atoms. The first-order chi connectivity index (χ1) is 9.24.